The number of hydrogen-bond donors (Lipinski definition) is 1. The lowest BCUT2D eigenvalue weighted by Gasteiger charge is -2.21. The maximum absolute atomic E-state index is 5.45. The van der Waals surface area contributed by atoms with Crippen molar-refractivity contribution in [2.45, 2.75) is 29.0 Å². The van der Waals surface area contributed by atoms with Crippen molar-refractivity contribution in [3.8, 4) is 0 Å². The molecule has 1 aliphatic heterocycles. The molecule has 2 nitrogen and oxygen atoms in total. The SMILES string of the molecule is CNC(Cc1ccco1)C1Cc2ccccc2S1. The fraction of sp³-hybridized carbons (Fsp3) is 0.333. The van der Waals surface area contributed by atoms with E-state index in [9.17, 15) is 0 Å². The Balaban J connectivity index is 1.71. The van der Waals surface area contributed by atoms with Crippen LogP contribution in [0, 0.1) is 0 Å². The summed E-state index contributed by atoms with van der Waals surface area (Å²) >= 11 is 1.99. The average molecular weight is 259 g/mol. The van der Waals surface area contributed by atoms with Crippen molar-refractivity contribution in [2.75, 3.05) is 7.05 Å². The predicted molar refractivity (Wildman–Crippen MR) is 75.1 cm³/mol. The maximum Gasteiger partial charge on any atom is 0.105 e. The highest BCUT2D eigenvalue weighted by molar-refractivity contribution is 8.00. The van der Waals surface area contributed by atoms with Crippen LogP contribution in [0.5, 0.6) is 0 Å². The van der Waals surface area contributed by atoms with Gasteiger partial charge in [0.25, 0.3) is 0 Å². The molecule has 0 saturated carbocycles. The highest BCUT2D eigenvalue weighted by atomic mass is 32.2. The van der Waals surface area contributed by atoms with Gasteiger partial charge in [-0.1, -0.05) is 18.2 Å². The van der Waals surface area contributed by atoms with E-state index in [4.69, 9.17) is 4.42 Å². The van der Waals surface area contributed by atoms with Crippen molar-refractivity contribution in [2.24, 2.45) is 0 Å². The van der Waals surface area contributed by atoms with Gasteiger partial charge in [-0.2, -0.15) is 0 Å². The molecule has 94 valence electrons. The van der Waals surface area contributed by atoms with E-state index in [0.717, 1.165) is 18.6 Å². The van der Waals surface area contributed by atoms with E-state index in [-0.39, 0.29) is 0 Å². The van der Waals surface area contributed by atoms with Crippen LogP contribution in [-0.4, -0.2) is 18.3 Å². The van der Waals surface area contributed by atoms with E-state index in [2.05, 4.69) is 35.6 Å². The van der Waals surface area contributed by atoms with Crippen LogP contribution in [0.1, 0.15) is 11.3 Å². The maximum atomic E-state index is 5.45. The van der Waals surface area contributed by atoms with Crippen LogP contribution in [-0.2, 0) is 12.8 Å². The van der Waals surface area contributed by atoms with Crippen LogP contribution in [0.4, 0.5) is 0 Å². The fourth-order valence-electron chi connectivity index (χ4n) is 2.50. The summed E-state index contributed by atoms with van der Waals surface area (Å²) in [6.45, 7) is 0. The van der Waals surface area contributed by atoms with Crippen LogP contribution in [0.15, 0.2) is 52.0 Å². The third-order valence-corrected chi connectivity index (χ3v) is 4.94. The van der Waals surface area contributed by atoms with E-state index in [1.165, 1.54) is 10.5 Å². The van der Waals surface area contributed by atoms with Gasteiger partial charge < -0.3 is 9.73 Å². The second kappa shape index (κ2) is 5.21. The van der Waals surface area contributed by atoms with Gasteiger partial charge in [-0.3, -0.25) is 0 Å². The number of fused-ring (bicyclic) bond motifs is 1. The molecule has 2 atom stereocenters. The van der Waals surface area contributed by atoms with E-state index in [0.29, 0.717) is 11.3 Å². The Hall–Kier alpha value is -1.19. The minimum atomic E-state index is 0.452. The Morgan fingerprint density at radius 2 is 2.22 bits per heavy atom. The molecule has 1 aromatic carbocycles. The van der Waals surface area contributed by atoms with Crippen LogP contribution in [0.3, 0.4) is 0 Å². The molecular formula is C15H17NOS. The zero-order chi connectivity index (χ0) is 12.4. The van der Waals surface area contributed by atoms with E-state index in [1.807, 2.05) is 24.9 Å². The lowest BCUT2D eigenvalue weighted by atomic mass is 10.0. The molecular weight excluding hydrogens is 242 g/mol. The van der Waals surface area contributed by atoms with Crippen LogP contribution >= 0.6 is 11.8 Å². The van der Waals surface area contributed by atoms with Gasteiger partial charge in [0, 0.05) is 22.6 Å². The van der Waals surface area contributed by atoms with Crippen molar-refractivity contribution in [3.63, 3.8) is 0 Å². The smallest absolute Gasteiger partial charge is 0.105 e. The Labute approximate surface area is 112 Å². The highest BCUT2D eigenvalue weighted by Crippen LogP contribution is 2.38. The second-order valence-corrected chi connectivity index (χ2v) is 5.93. The number of thioether (sulfide) groups is 1. The van der Waals surface area contributed by atoms with Crippen molar-refractivity contribution < 1.29 is 4.42 Å². The number of likely N-dealkylation sites (N-methyl/N-ethyl adjacent to an activating group) is 1. The first-order valence-corrected chi connectivity index (χ1v) is 7.19. The van der Waals surface area contributed by atoms with E-state index < -0.39 is 0 Å². The lowest BCUT2D eigenvalue weighted by molar-refractivity contribution is 0.450. The number of furan rings is 1. The van der Waals surface area contributed by atoms with Crippen LogP contribution < -0.4 is 5.32 Å². The Kier molecular flexibility index (Phi) is 3.43. The molecule has 18 heavy (non-hydrogen) atoms. The van der Waals surface area contributed by atoms with Gasteiger partial charge >= 0.3 is 0 Å². The van der Waals surface area contributed by atoms with Gasteiger partial charge in [-0.15, -0.1) is 11.8 Å². The Bertz CT molecular complexity index is 481. The summed E-state index contributed by atoms with van der Waals surface area (Å²) < 4.78 is 5.45. The summed E-state index contributed by atoms with van der Waals surface area (Å²) in [7, 11) is 2.04. The van der Waals surface area contributed by atoms with Crippen LogP contribution in [0.2, 0.25) is 0 Å². The molecule has 0 bridgehead atoms. The third kappa shape index (κ3) is 2.33. The van der Waals surface area contributed by atoms with E-state index >= 15 is 0 Å². The van der Waals surface area contributed by atoms with Crippen molar-refractivity contribution in [1.29, 1.82) is 0 Å². The van der Waals surface area contributed by atoms with Gasteiger partial charge in [0.15, 0.2) is 0 Å². The molecule has 2 aromatic rings. The summed E-state index contributed by atoms with van der Waals surface area (Å²) in [6, 6.07) is 13.2. The molecule has 0 amide bonds. The standard InChI is InChI=1S/C15H17NOS/c1-16-13(10-12-6-4-8-17-12)15-9-11-5-2-3-7-14(11)18-15/h2-8,13,15-16H,9-10H2,1H3. The van der Waals surface area contributed by atoms with Gasteiger partial charge in [-0.25, -0.2) is 0 Å². The molecule has 3 rings (SSSR count). The lowest BCUT2D eigenvalue weighted by Crippen LogP contribution is -2.37. The summed E-state index contributed by atoms with van der Waals surface area (Å²) in [6.07, 6.45) is 3.85. The first-order chi connectivity index (χ1) is 8.86. The Morgan fingerprint density at radius 1 is 1.33 bits per heavy atom. The molecule has 0 fully saturated rings. The number of nitrogens with one attached hydrogen (secondary N) is 1. The topological polar surface area (TPSA) is 25.2 Å². The molecule has 2 unspecified atom stereocenters. The van der Waals surface area contributed by atoms with Crippen LogP contribution in [0.25, 0.3) is 0 Å². The van der Waals surface area contributed by atoms with Gasteiger partial charge in [-0.05, 0) is 37.2 Å². The highest BCUT2D eigenvalue weighted by Gasteiger charge is 2.28. The summed E-state index contributed by atoms with van der Waals surface area (Å²) in [4.78, 5) is 1.43. The molecule has 1 aliphatic rings. The summed E-state index contributed by atoms with van der Waals surface area (Å²) in [5.41, 5.74) is 1.48. The molecule has 1 N–H and O–H groups in total. The van der Waals surface area contributed by atoms with Gasteiger partial charge in [0.1, 0.15) is 5.76 Å². The zero-order valence-electron chi connectivity index (χ0n) is 10.4. The quantitative estimate of drug-likeness (QED) is 0.913. The molecule has 1 aromatic heterocycles. The molecule has 2 heterocycles. The number of hydrogen-bond acceptors (Lipinski definition) is 3. The van der Waals surface area contributed by atoms with Crippen molar-refractivity contribution >= 4 is 11.8 Å². The molecule has 0 saturated heterocycles. The second-order valence-electron chi connectivity index (χ2n) is 4.65. The largest absolute Gasteiger partial charge is 0.469 e. The molecule has 0 radical (unpaired) electrons. The minimum Gasteiger partial charge on any atom is -0.469 e. The first-order valence-electron chi connectivity index (χ1n) is 6.31. The third-order valence-electron chi connectivity index (χ3n) is 3.49. The zero-order valence-corrected chi connectivity index (χ0v) is 11.2. The predicted octanol–water partition coefficient (Wildman–Crippen LogP) is 3.13. The van der Waals surface area contributed by atoms with Crippen molar-refractivity contribution in [3.05, 3.63) is 54.0 Å². The summed E-state index contributed by atoms with van der Waals surface area (Å²) in [5.74, 6) is 1.06. The van der Waals surface area contributed by atoms with E-state index in [1.54, 1.807) is 6.26 Å². The normalized spacial score (nSPS) is 19.7. The van der Waals surface area contributed by atoms with Crippen molar-refractivity contribution in [1.82, 2.24) is 5.32 Å². The minimum absolute atomic E-state index is 0.452. The Morgan fingerprint density at radius 3 is 2.94 bits per heavy atom. The summed E-state index contributed by atoms with van der Waals surface area (Å²) in [5, 5.41) is 4.03. The molecule has 3 heteroatoms. The molecule has 0 spiro atoms. The fourth-order valence-corrected chi connectivity index (χ4v) is 3.94. The number of rotatable bonds is 4. The number of benzene rings is 1. The first kappa shape index (κ1) is 11.9. The van der Waals surface area contributed by atoms with Gasteiger partial charge in [0.05, 0.1) is 6.26 Å². The molecule has 0 aliphatic carbocycles. The van der Waals surface area contributed by atoms with Gasteiger partial charge in [0.2, 0.25) is 0 Å². The monoisotopic (exact) mass is 259 g/mol. The average Bonchev–Trinajstić information content (AvgIpc) is 3.04.